The Bertz CT molecular complexity index is 2160. The molecule has 7 rings (SSSR count). The van der Waals surface area contributed by atoms with Crippen molar-refractivity contribution in [3.63, 3.8) is 0 Å². The Labute approximate surface area is 334 Å². The third-order valence-electron chi connectivity index (χ3n) is 11.9. The second kappa shape index (κ2) is 15.8. The molecule has 0 spiro atoms. The molecule has 3 aromatic rings. The number of amides is 4. The Morgan fingerprint density at radius 2 is 1.75 bits per heavy atom. The summed E-state index contributed by atoms with van der Waals surface area (Å²) in [4.78, 5) is 62.6. The molecule has 3 unspecified atom stereocenters. The average molecular weight is 800 g/mol. The molecule has 3 N–H and O–H groups in total. The molecule has 3 aliphatic carbocycles. The van der Waals surface area contributed by atoms with E-state index in [1.165, 1.54) is 11.0 Å². The van der Waals surface area contributed by atoms with Crippen LogP contribution in [0.2, 0.25) is 0 Å². The van der Waals surface area contributed by atoms with Gasteiger partial charge in [0.2, 0.25) is 27.7 Å². The van der Waals surface area contributed by atoms with Crippen molar-refractivity contribution < 1.29 is 37.1 Å². The highest BCUT2D eigenvalue weighted by Crippen LogP contribution is 2.46. The molecule has 2 aromatic carbocycles. The van der Waals surface area contributed by atoms with Crippen molar-refractivity contribution >= 4 is 44.6 Å². The first-order valence-corrected chi connectivity index (χ1v) is 21.5. The van der Waals surface area contributed by atoms with Gasteiger partial charge in [-0.1, -0.05) is 70.0 Å². The molecule has 1 saturated heterocycles. The van der Waals surface area contributed by atoms with E-state index < -0.39 is 67.9 Å². The molecule has 2 heterocycles. The molecular formula is C43H53N5O8S. The molecule has 14 heteroatoms. The predicted octanol–water partition coefficient (Wildman–Crippen LogP) is 5.04. The quantitative estimate of drug-likeness (QED) is 0.189. The number of methoxy groups -OCH3 is 1. The number of carbonyl (C=O) groups is 4. The second-order valence-electron chi connectivity index (χ2n) is 17.1. The van der Waals surface area contributed by atoms with Crippen molar-refractivity contribution in [1.29, 1.82) is 0 Å². The van der Waals surface area contributed by atoms with Crippen molar-refractivity contribution in [3.8, 4) is 22.8 Å². The van der Waals surface area contributed by atoms with Gasteiger partial charge in [0.25, 0.3) is 5.91 Å². The summed E-state index contributed by atoms with van der Waals surface area (Å²) in [6.45, 7) is 9.61. The van der Waals surface area contributed by atoms with E-state index in [2.05, 4.69) is 21.9 Å². The van der Waals surface area contributed by atoms with E-state index in [9.17, 15) is 27.6 Å². The molecule has 57 heavy (non-hydrogen) atoms. The molecule has 304 valence electrons. The molecule has 3 saturated carbocycles. The third kappa shape index (κ3) is 8.65. The summed E-state index contributed by atoms with van der Waals surface area (Å²) in [5, 5.41) is 6.08. The van der Waals surface area contributed by atoms with Crippen LogP contribution in [0.4, 0.5) is 0 Å². The first-order chi connectivity index (χ1) is 27.1. The Balaban J connectivity index is 1.19. The van der Waals surface area contributed by atoms with Crippen molar-refractivity contribution in [2.45, 2.75) is 108 Å². The number of nitrogens with zero attached hydrogens (tertiary/aromatic N) is 2. The second-order valence-corrected chi connectivity index (χ2v) is 19.0. The van der Waals surface area contributed by atoms with E-state index >= 15 is 0 Å². The monoisotopic (exact) mass is 799 g/mol. The Morgan fingerprint density at radius 1 is 1.04 bits per heavy atom. The summed E-state index contributed by atoms with van der Waals surface area (Å²) in [7, 11) is -2.32. The van der Waals surface area contributed by atoms with Crippen molar-refractivity contribution in [1.82, 2.24) is 25.2 Å². The lowest BCUT2D eigenvalue weighted by atomic mass is 9.77. The smallest absolute Gasteiger partial charge is 0.259 e. The molecular weight excluding hydrogens is 747 g/mol. The zero-order chi connectivity index (χ0) is 40.7. The van der Waals surface area contributed by atoms with Gasteiger partial charge in [0.1, 0.15) is 29.2 Å². The van der Waals surface area contributed by atoms with Crippen LogP contribution in [-0.4, -0.2) is 84.6 Å². The number of benzene rings is 2. The summed E-state index contributed by atoms with van der Waals surface area (Å²) >= 11 is 0. The number of hydrogen-bond acceptors (Lipinski definition) is 9. The normalized spacial score (nSPS) is 24.1. The minimum absolute atomic E-state index is 0.0266. The average Bonchev–Trinajstić information content (AvgIpc) is 4.06. The number of fused-ring (bicyclic) bond motifs is 1. The number of pyridine rings is 1. The summed E-state index contributed by atoms with van der Waals surface area (Å²) < 4.78 is 40.0. The standard InChI is InChI=1S/C43H53N5O8S/c1-6-27-24-43(27,41(52)47-57(53,54)31-17-18-31)46-40(51)36-21-30(25-48(36)38(49)22-33(42(2,3)4)39(50)44-28-14-10-11-15-28)56-37-23-34(26-12-8-7-9-13-26)45-35-20-29(55-5)16-19-32(35)37/h6-9,12-13,16,19-20,23,27-28,30-31,33,36H,1,10-11,14-15,17-18,21-22,24-25H2,2-5H3,(H,44,50)(H,46,51)(H,47,52)/t27?,30-,33?,36+,43?/m1/s1. The number of sulfonamides is 1. The van der Waals surface area contributed by atoms with E-state index in [0.29, 0.717) is 40.9 Å². The maximum absolute atomic E-state index is 14.5. The zero-order valence-corrected chi connectivity index (χ0v) is 33.9. The van der Waals surface area contributed by atoms with Crippen molar-refractivity contribution in [3.05, 3.63) is 67.3 Å². The number of rotatable bonds is 14. The van der Waals surface area contributed by atoms with E-state index in [-0.39, 0.29) is 37.8 Å². The van der Waals surface area contributed by atoms with Crippen LogP contribution in [0, 0.1) is 17.3 Å². The van der Waals surface area contributed by atoms with Crippen molar-refractivity contribution in [2.75, 3.05) is 13.7 Å². The summed E-state index contributed by atoms with van der Waals surface area (Å²) in [5.74, 6) is -2.10. The van der Waals surface area contributed by atoms with E-state index in [1.807, 2.05) is 75.4 Å². The molecule has 1 aromatic heterocycles. The number of hydrogen-bond donors (Lipinski definition) is 3. The Kier molecular flexibility index (Phi) is 11.1. The van der Waals surface area contributed by atoms with Gasteiger partial charge in [-0.3, -0.25) is 23.9 Å². The van der Waals surface area contributed by atoms with Crippen LogP contribution >= 0.6 is 0 Å². The van der Waals surface area contributed by atoms with Crippen LogP contribution in [0.3, 0.4) is 0 Å². The lowest BCUT2D eigenvalue weighted by Gasteiger charge is -2.33. The zero-order valence-electron chi connectivity index (χ0n) is 33.1. The van der Waals surface area contributed by atoms with Gasteiger partial charge in [-0.15, -0.1) is 6.58 Å². The van der Waals surface area contributed by atoms with Gasteiger partial charge in [0.15, 0.2) is 0 Å². The van der Waals surface area contributed by atoms with Crippen LogP contribution in [0.25, 0.3) is 22.2 Å². The SMILES string of the molecule is C=CC1CC1(NC(=O)[C@@H]1C[C@@H](Oc2cc(-c3ccccc3)nc3cc(OC)ccc23)CN1C(=O)CC(C(=O)NC1CCCC1)C(C)(C)C)C(=O)NS(=O)(=O)C1CC1. The minimum Gasteiger partial charge on any atom is -0.497 e. The number of likely N-dealkylation sites (tertiary alicyclic amines) is 1. The number of aromatic nitrogens is 1. The molecule has 13 nitrogen and oxygen atoms in total. The van der Waals surface area contributed by atoms with Crippen LogP contribution in [0.1, 0.15) is 78.6 Å². The largest absolute Gasteiger partial charge is 0.497 e. The van der Waals surface area contributed by atoms with E-state index in [4.69, 9.17) is 14.5 Å². The Hall–Kier alpha value is -4.98. The van der Waals surface area contributed by atoms with Crippen LogP contribution in [0.15, 0.2) is 67.3 Å². The minimum atomic E-state index is -3.89. The molecule has 1 aliphatic heterocycles. The fourth-order valence-electron chi connectivity index (χ4n) is 8.22. The van der Waals surface area contributed by atoms with Gasteiger partial charge in [-0.25, -0.2) is 13.4 Å². The number of carbonyl (C=O) groups excluding carboxylic acids is 4. The highest BCUT2D eigenvalue weighted by molar-refractivity contribution is 7.91. The number of ether oxygens (including phenoxy) is 2. The topological polar surface area (TPSA) is 173 Å². The summed E-state index contributed by atoms with van der Waals surface area (Å²) in [6, 6.07) is 15.9. The van der Waals surface area contributed by atoms with E-state index in [1.54, 1.807) is 7.11 Å². The highest BCUT2D eigenvalue weighted by atomic mass is 32.2. The fraction of sp³-hybridized carbons (Fsp3) is 0.512. The summed E-state index contributed by atoms with van der Waals surface area (Å²) in [5.41, 5.74) is 0.0488. The lowest BCUT2D eigenvalue weighted by Crippen LogP contribution is -2.56. The third-order valence-corrected chi connectivity index (χ3v) is 13.7. The van der Waals surface area contributed by atoms with Gasteiger partial charge in [-0.2, -0.15) is 0 Å². The van der Waals surface area contributed by atoms with Gasteiger partial charge in [0, 0.05) is 47.9 Å². The van der Waals surface area contributed by atoms with Gasteiger partial charge >= 0.3 is 0 Å². The summed E-state index contributed by atoms with van der Waals surface area (Å²) in [6.07, 6.45) is 5.77. The molecule has 4 amide bonds. The first-order valence-electron chi connectivity index (χ1n) is 19.9. The van der Waals surface area contributed by atoms with Crippen LogP contribution in [0.5, 0.6) is 11.5 Å². The maximum atomic E-state index is 14.5. The van der Waals surface area contributed by atoms with E-state index in [0.717, 1.165) is 31.2 Å². The van der Waals surface area contributed by atoms with Crippen LogP contribution < -0.4 is 24.8 Å². The van der Waals surface area contributed by atoms with Gasteiger partial charge in [-0.05, 0) is 49.7 Å². The van der Waals surface area contributed by atoms with Gasteiger partial charge < -0.3 is 25.0 Å². The molecule has 5 atom stereocenters. The van der Waals surface area contributed by atoms with Crippen LogP contribution in [-0.2, 0) is 29.2 Å². The van der Waals surface area contributed by atoms with Gasteiger partial charge in [0.05, 0.1) is 36.0 Å². The molecule has 0 bridgehead atoms. The molecule has 4 fully saturated rings. The Morgan fingerprint density at radius 3 is 2.39 bits per heavy atom. The number of nitrogens with one attached hydrogen (secondary N) is 3. The molecule has 0 radical (unpaired) electrons. The maximum Gasteiger partial charge on any atom is 0.259 e. The van der Waals surface area contributed by atoms with Crippen molar-refractivity contribution in [2.24, 2.45) is 17.3 Å². The lowest BCUT2D eigenvalue weighted by molar-refractivity contribution is -0.143. The fourth-order valence-corrected chi connectivity index (χ4v) is 9.58. The predicted molar refractivity (Wildman–Crippen MR) is 215 cm³/mol. The molecule has 4 aliphatic rings. The first kappa shape index (κ1) is 40.2. The highest BCUT2D eigenvalue weighted by Gasteiger charge is 2.62.